The Morgan fingerprint density at radius 3 is 2.82 bits per heavy atom. The van der Waals surface area contributed by atoms with E-state index in [1.165, 1.54) is 0 Å². The Bertz CT molecular complexity index is 349. The largest absolute Gasteiger partial charge is 0.465 e. The molecule has 0 amide bonds. The number of hydrogen-bond donors (Lipinski definition) is 0. The number of hydrogen-bond acceptors (Lipinski definition) is 4. The van der Waals surface area contributed by atoms with Gasteiger partial charge < -0.3 is 9.30 Å². The lowest BCUT2D eigenvalue weighted by molar-refractivity contribution is -0.144. The van der Waals surface area contributed by atoms with Crippen LogP contribution in [0.3, 0.4) is 0 Å². The van der Waals surface area contributed by atoms with Crippen LogP contribution in [-0.4, -0.2) is 40.1 Å². The van der Waals surface area contributed by atoms with Gasteiger partial charge in [0.15, 0.2) is 0 Å². The molecule has 5 nitrogen and oxygen atoms in total. The van der Waals surface area contributed by atoms with Crippen molar-refractivity contribution in [2.45, 2.75) is 26.8 Å². The molecule has 0 spiro atoms. The predicted octanol–water partition coefficient (Wildman–Crippen LogP) is 1.20. The summed E-state index contributed by atoms with van der Waals surface area (Å²) < 4.78 is 6.93. The third kappa shape index (κ3) is 4.56. The van der Waals surface area contributed by atoms with Crippen LogP contribution in [0.25, 0.3) is 0 Å². The van der Waals surface area contributed by atoms with Gasteiger partial charge in [-0.2, -0.15) is 0 Å². The van der Waals surface area contributed by atoms with Crippen LogP contribution in [0.4, 0.5) is 0 Å². The molecule has 96 valence electrons. The molecule has 0 saturated heterocycles. The first kappa shape index (κ1) is 13.7. The minimum Gasteiger partial charge on any atom is -0.465 e. The van der Waals surface area contributed by atoms with Crippen LogP contribution in [0.15, 0.2) is 12.5 Å². The number of aryl methyl sites for hydroxylation is 1. The van der Waals surface area contributed by atoms with E-state index in [0.717, 1.165) is 25.2 Å². The van der Waals surface area contributed by atoms with Gasteiger partial charge in [-0.15, -0.1) is 0 Å². The van der Waals surface area contributed by atoms with Crippen molar-refractivity contribution in [3.63, 3.8) is 0 Å². The topological polar surface area (TPSA) is 47.4 Å². The van der Waals surface area contributed by atoms with Gasteiger partial charge in [0.25, 0.3) is 0 Å². The maximum absolute atomic E-state index is 11.5. The fourth-order valence-corrected chi connectivity index (χ4v) is 1.69. The van der Waals surface area contributed by atoms with E-state index in [0.29, 0.717) is 13.2 Å². The molecule has 0 atom stereocenters. The number of rotatable bonds is 7. The SMILES string of the molecule is CCCN(CC(=O)OCC)Cc1cncn1C. The molecule has 0 radical (unpaired) electrons. The second kappa shape index (κ2) is 7.06. The highest BCUT2D eigenvalue weighted by molar-refractivity contribution is 5.71. The van der Waals surface area contributed by atoms with E-state index in [-0.39, 0.29) is 5.97 Å². The Morgan fingerprint density at radius 2 is 2.29 bits per heavy atom. The van der Waals surface area contributed by atoms with Crippen molar-refractivity contribution in [2.75, 3.05) is 19.7 Å². The Balaban J connectivity index is 2.54. The van der Waals surface area contributed by atoms with E-state index in [9.17, 15) is 4.79 Å². The summed E-state index contributed by atoms with van der Waals surface area (Å²) in [6.45, 7) is 6.30. The number of esters is 1. The predicted molar refractivity (Wildman–Crippen MR) is 65.4 cm³/mol. The van der Waals surface area contributed by atoms with Gasteiger partial charge in [0.1, 0.15) is 0 Å². The van der Waals surface area contributed by atoms with Crippen LogP contribution in [0.5, 0.6) is 0 Å². The van der Waals surface area contributed by atoms with Gasteiger partial charge in [0, 0.05) is 19.8 Å². The number of nitrogens with zero attached hydrogens (tertiary/aromatic N) is 3. The standard InChI is InChI=1S/C12H21N3O2/c1-4-6-15(9-12(16)17-5-2)8-11-7-13-10-14(11)3/h7,10H,4-6,8-9H2,1-3H3. The summed E-state index contributed by atoms with van der Waals surface area (Å²) in [5.74, 6) is -0.164. The first-order valence-corrected chi connectivity index (χ1v) is 6.00. The van der Waals surface area contributed by atoms with E-state index >= 15 is 0 Å². The van der Waals surface area contributed by atoms with Crippen molar-refractivity contribution >= 4 is 5.97 Å². The molecule has 0 bridgehead atoms. The lowest BCUT2D eigenvalue weighted by atomic mass is 10.3. The van der Waals surface area contributed by atoms with Gasteiger partial charge in [0.05, 0.1) is 25.2 Å². The summed E-state index contributed by atoms with van der Waals surface area (Å²) in [4.78, 5) is 17.6. The van der Waals surface area contributed by atoms with Crippen LogP contribution < -0.4 is 0 Å². The first-order chi connectivity index (χ1) is 8.17. The lowest BCUT2D eigenvalue weighted by Crippen LogP contribution is -2.32. The molecule has 1 rings (SSSR count). The van der Waals surface area contributed by atoms with Gasteiger partial charge >= 0.3 is 5.97 Å². The van der Waals surface area contributed by atoms with E-state index in [2.05, 4.69) is 16.8 Å². The van der Waals surface area contributed by atoms with Gasteiger partial charge in [-0.1, -0.05) is 6.92 Å². The van der Waals surface area contributed by atoms with Gasteiger partial charge in [-0.3, -0.25) is 9.69 Å². The molecule has 0 aromatic carbocycles. The summed E-state index contributed by atoms with van der Waals surface area (Å²) in [5, 5.41) is 0. The maximum atomic E-state index is 11.5. The van der Waals surface area contributed by atoms with Crippen molar-refractivity contribution < 1.29 is 9.53 Å². The number of ether oxygens (including phenoxy) is 1. The minimum atomic E-state index is -0.164. The summed E-state index contributed by atoms with van der Waals surface area (Å²) >= 11 is 0. The van der Waals surface area contributed by atoms with Crippen LogP contribution in [0.2, 0.25) is 0 Å². The normalized spacial score (nSPS) is 10.8. The molecular weight excluding hydrogens is 218 g/mol. The summed E-state index contributed by atoms with van der Waals surface area (Å²) in [6, 6.07) is 0. The highest BCUT2D eigenvalue weighted by Gasteiger charge is 2.12. The van der Waals surface area contributed by atoms with Crippen molar-refractivity contribution in [1.82, 2.24) is 14.5 Å². The molecule has 0 fully saturated rings. The minimum absolute atomic E-state index is 0.164. The smallest absolute Gasteiger partial charge is 0.320 e. The van der Waals surface area contributed by atoms with Crippen LogP contribution in [-0.2, 0) is 23.1 Å². The number of imidazole rings is 1. The number of aromatic nitrogens is 2. The zero-order valence-corrected chi connectivity index (χ0v) is 10.8. The van der Waals surface area contributed by atoms with Crippen LogP contribution in [0.1, 0.15) is 26.0 Å². The summed E-state index contributed by atoms with van der Waals surface area (Å²) in [5.41, 5.74) is 1.10. The molecule has 1 heterocycles. The van der Waals surface area contributed by atoms with E-state index < -0.39 is 0 Å². The average Bonchev–Trinajstić information content (AvgIpc) is 2.65. The highest BCUT2D eigenvalue weighted by Crippen LogP contribution is 2.04. The third-order valence-electron chi connectivity index (χ3n) is 2.50. The fraction of sp³-hybridized carbons (Fsp3) is 0.667. The van der Waals surface area contributed by atoms with Crippen LogP contribution >= 0.6 is 0 Å². The van der Waals surface area contributed by atoms with Gasteiger partial charge in [0.2, 0.25) is 0 Å². The molecule has 0 saturated carbocycles. The zero-order valence-electron chi connectivity index (χ0n) is 10.8. The van der Waals surface area contributed by atoms with Crippen molar-refractivity contribution in [3.05, 3.63) is 18.2 Å². The van der Waals surface area contributed by atoms with Crippen molar-refractivity contribution in [1.29, 1.82) is 0 Å². The first-order valence-electron chi connectivity index (χ1n) is 6.00. The molecule has 5 heteroatoms. The maximum Gasteiger partial charge on any atom is 0.320 e. The van der Waals surface area contributed by atoms with E-state index in [1.807, 2.05) is 24.7 Å². The fourth-order valence-electron chi connectivity index (χ4n) is 1.69. The second-order valence-electron chi connectivity index (χ2n) is 4.01. The molecule has 0 aliphatic carbocycles. The molecule has 0 N–H and O–H groups in total. The molecule has 0 aliphatic rings. The molecule has 0 aliphatic heterocycles. The van der Waals surface area contributed by atoms with E-state index in [4.69, 9.17) is 4.74 Å². The highest BCUT2D eigenvalue weighted by atomic mass is 16.5. The zero-order chi connectivity index (χ0) is 12.7. The summed E-state index contributed by atoms with van der Waals surface area (Å²) in [6.07, 6.45) is 4.61. The quantitative estimate of drug-likeness (QED) is 0.671. The second-order valence-corrected chi connectivity index (χ2v) is 4.01. The van der Waals surface area contributed by atoms with Crippen molar-refractivity contribution in [3.8, 4) is 0 Å². The number of carbonyl (C=O) groups excluding carboxylic acids is 1. The number of carbonyl (C=O) groups is 1. The molecule has 1 aromatic heterocycles. The molecular formula is C12H21N3O2. The Labute approximate surface area is 102 Å². The Kier molecular flexibility index (Phi) is 5.69. The van der Waals surface area contributed by atoms with Gasteiger partial charge in [-0.05, 0) is 19.9 Å². The average molecular weight is 239 g/mol. The lowest BCUT2D eigenvalue weighted by Gasteiger charge is -2.20. The summed E-state index contributed by atoms with van der Waals surface area (Å²) in [7, 11) is 1.96. The monoisotopic (exact) mass is 239 g/mol. The molecule has 1 aromatic rings. The van der Waals surface area contributed by atoms with Crippen molar-refractivity contribution in [2.24, 2.45) is 7.05 Å². The van der Waals surface area contributed by atoms with E-state index in [1.54, 1.807) is 6.33 Å². The third-order valence-corrected chi connectivity index (χ3v) is 2.50. The van der Waals surface area contributed by atoms with Crippen LogP contribution in [0, 0.1) is 0 Å². The Hall–Kier alpha value is -1.36. The van der Waals surface area contributed by atoms with Gasteiger partial charge in [-0.25, -0.2) is 4.98 Å². The molecule has 0 unspecified atom stereocenters. The molecule has 17 heavy (non-hydrogen) atoms. The Morgan fingerprint density at radius 1 is 1.53 bits per heavy atom.